The zero-order chi connectivity index (χ0) is 25.4. The summed E-state index contributed by atoms with van der Waals surface area (Å²) in [6.07, 6.45) is -1.60. The fourth-order valence-corrected chi connectivity index (χ4v) is 4.40. The molecule has 36 heavy (non-hydrogen) atoms. The number of fused-ring (bicyclic) bond motifs is 1. The van der Waals surface area contributed by atoms with Crippen LogP contribution in [-0.2, 0) is 12.7 Å². The second kappa shape index (κ2) is 9.14. The number of halogens is 3. The van der Waals surface area contributed by atoms with E-state index in [4.69, 9.17) is 4.42 Å². The van der Waals surface area contributed by atoms with Crippen LogP contribution in [0.2, 0.25) is 0 Å². The topological polar surface area (TPSA) is 87.0 Å². The molecule has 0 saturated carbocycles. The van der Waals surface area contributed by atoms with Gasteiger partial charge in [0.15, 0.2) is 0 Å². The van der Waals surface area contributed by atoms with Gasteiger partial charge in [0.2, 0.25) is 0 Å². The highest BCUT2D eigenvalue weighted by Gasteiger charge is 2.37. The molecule has 0 aliphatic carbocycles. The first kappa shape index (κ1) is 23.6. The number of carbonyl (C=O) groups is 3. The van der Waals surface area contributed by atoms with Crippen LogP contribution in [0.3, 0.4) is 0 Å². The quantitative estimate of drug-likeness (QED) is 0.508. The molecule has 4 heterocycles. The molecule has 2 aliphatic heterocycles. The Labute approximate surface area is 203 Å². The molecule has 11 heteroatoms. The molecular weight excluding hydrogens is 477 g/mol. The van der Waals surface area contributed by atoms with E-state index in [1.54, 1.807) is 17.0 Å². The highest BCUT2D eigenvalue weighted by Crippen LogP contribution is 2.30. The molecule has 1 fully saturated rings. The SMILES string of the molecule is O=C(c1ccc2c(c1)C(=O)N(Cc1ccco1)C2=O)N1CCCN(c2ccc(C(F)(F)F)cn2)CC1. The molecule has 3 aromatic rings. The van der Waals surface area contributed by atoms with Crippen LogP contribution in [0.4, 0.5) is 19.0 Å². The summed E-state index contributed by atoms with van der Waals surface area (Å²) >= 11 is 0. The number of pyridine rings is 1. The third kappa shape index (κ3) is 4.43. The Morgan fingerprint density at radius 2 is 1.78 bits per heavy atom. The van der Waals surface area contributed by atoms with Gasteiger partial charge in [-0.05, 0) is 48.9 Å². The normalized spacial score (nSPS) is 16.4. The highest BCUT2D eigenvalue weighted by atomic mass is 19.4. The molecule has 0 radical (unpaired) electrons. The number of amides is 3. The lowest BCUT2D eigenvalue weighted by Gasteiger charge is -2.23. The standard InChI is InChI=1S/C25H21F3N4O4/c26-25(27,28)17-5-7-21(29-14-17)30-8-2-9-31(11-10-30)22(33)16-4-6-19-20(13-16)24(35)32(23(19)34)15-18-3-1-12-36-18/h1,3-7,12-14H,2,8-11,15H2. The van der Waals surface area contributed by atoms with E-state index < -0.39 is 23.6 Å². The summed E-state index contributed by atoms with van der Waals surface area (Å²) in [5, 5.41) is 0. The van der Waals surface area contributed by atoms with Crippen molar-refractivity contribution in [3.05, 3.63) is 82.9 Å². The van der Waals surface area contributed by atoms with Crippen LogP contribution in [0, 0.1) is 0 Å². The number of aromatic nitrogens is 1. The number of imide groups is 1. The lowest BCUT2D eigenvalue weighted by atomic mass is 10.0. The monoisotopic (exact) mass is 498 g/mol. The van der Waals surface area contributed by atoms with Gasteiger partial charge >= 0.3 is 6.18 Å². The van der Waals surface area contributed by atoms with Crippen molar-refractivity contribution < 1.29 is 32.0 Å². The number of hydrogen-bond acceptors (Lipinski definition) is 6. The number of anilines is 1. The van der Waals surface area contributed by atoms with Crippen LogP contribution in [0.1, 0.15) is 48.8 Å². The van der Waals surface area contributed by atoms with Gasteiger partial charge < -0.3 is 14.2 Å². The van der Waals surface area contributed by atoms with Crippen molar-refractivity contribution in [3.63, 3.8) is 0 Å². The maximum Gasteiger partial charge on any atom is 0.417 e. The second-order valence-corrected chi connectivity index (χ2v) is 8.57. The van der Waals surface area contributed by atoms with Gasteiger partial charge in [-0.3, -0.25) is 19.3 Å². The smallest absolute Gasteiger partial charge is 0.417 e. The summed E-state index contributed by atoms with van der Waals surface area (Å²) < 4.78 is 43.7. The number of benzene rings is 1. The molecule has 3 amide bonds. The number of hydrogen-bond donors (Lipinski definition) is 0. The largest absolute Gasteiger partial charge is 0.467 e. The molecule has 0 bridgehead atoms. The van der Waals surface area contributed by atoms with E-state index in [-0.39, 0.29) is 29.1 Å². The summed E-state index contributed by atoms with van der Waals surface area (Å²) in [7, 11) is 0. The van der Waals surface area contributed by atoms with E-state index >= 15 is 0 Å². The minimum Gasteiger partial charge on any atom is -0.467 e. The summed E-state index contributed by atoms with van der Waals surface area (Å²) in [5.74, 6) is -0.339. The molecular formula is C25H21F3N4O4. The van der Waals surface area contributed by atoms with Crippen molar-refractivity contribution in [2.24, 2.45) is 0 Å². The van der Waals surface area contributed by atoms with Crippen molar-refractivity contribution in [1.82, 2.24) is 14.8 Å². The summed E-state index contributed by atoms with van der Waals surface area (Å²) in [6, 6.07) is 10.1. The summed E-state index contributed by atoms with van der Waals surface area (Å²) in [4.78, 5) is 47.3. The first-order chi connectivity index (χ1) is 17.2. The lowest BCUT2D eigenvalue weighted by molar-refractivity contribution is -0.137. The Morgan fingerprint density at radius 3 is 2.47 bits per heavy atom. The van der Waals surface area contributed by atoms with Crippen molar-refractivity contribution in [2.75, 3.05) is 31.1 Å². The van der Waals surface area contributed by atoms with Crippen molar-refractivity contribution in [2.45, 2.75) is 19.1 Å². The van der Waals surface area contributed by atoms with E-state index in [2.05, 4.69) is 4.98 Å². The van der Waals surface area contributed by atoms with E-state index in [9.17, 15) is 27.6 Å². The Bertz CT molecular complexity index is 1310. The number of furan rings is 1. The van der Waals surface area contributed by atoms with Crippen molar-refractivity contribution in [3.8, 4) is 0 Å². The van der Waals surface area contributed by atoms with Crippen molar-refractivity contribution >= 4 is 23.5 Å². The molecule has 1 saturated heterocycles. The zero-order valence-electron chi connectivity index (χ0n) is 19.0. The van der Waals surface area contributed by atoms with Gasteiger partial charge in [0, 0.05) is 37.9 Å². The molecule has 186 valence electrons. The van der Waals surface area contributed by atoms with E-state index in [1.165, 1.54) is 30.5 Å². The van der Waals surface area contributed by atoms with Gasteiger partial charge in [0.25, 0.3) is 17.7 Å². The molecule has 0 unspecified atom stereocenters. The van der Waals surface area contributed by atoms with E-state index in [1.807, 2.05) is 4.90 Å². The average molecular weight is 498 g/mol. The highest BCUT2D eigenvalue weighted by molar-refractivity contribution is 6.22. The Morgan fingerprint density at radius 1 is 0.972 bits per heavy atom. The van der Waals surface area contributed by atoms with Crippen LogP contribution >= 0.6 is 0 Å². The first-order valence-corrected chi connectivity index (χ1v) is 11.3. The molecule has 0 atom stereocenters. The van der Waals surface area contributed by atoms with Crippen molar-refractivity contribution in [1.29, 1.82) is 0 Å². The molecule has 1 aromatic carbocycles. The maximum atomic E-state index is 13.2. The van der Waals surface area contributed by atoms with Gasteiger partial charge in [0.1, 0.15) is 11.6 Å². The predicted octanol–water partition coefficient (Wildman–Crippen LogP) is 3.84. The third-order valence-corrected chi connectivity index (χ3v) is 6.29. The predicted molar refractivity (Wildman–Crippen MR) is 121 cm³/mol. The van der Waals surface area contributed by atoms with E-state index in [0.29, 0.717) is 44.2 Å². The number of carbonyl (C=O) groups excluding carboxylic acids is 3. The van der Waals surface area contributed by atoms with Crippen LogP contribution in [-0.4, -0.2) is 58.7 Å². The number of nitrogens with zero attached hydrogens (tertiary/aromatic N) is 4. The van der Waals surface area contributed by atoms with Gasteiger partial charge in [-0.2, -0.15) is 13.2 Å². The molecule has 8 nitrogen and oxygen atoms in total. The minimum absolute atomic E-state index is 0.00255. The lowest BCUT2D eigenvalue weighted by Crippen LogP contribution is -2.35. The Balaban J connectivity index is 1.27. The molecule has 2 aromatic heterocycles. The third-order valence-electron chi connectivity index (χ3n) is 6.29. The molecule has 5 rings (SSSR count). The molecule has 2 aliphatic rings. The van der Waals surface area contributed by atoms with Crippen LogP contribution in [0.5, 0.6) is 0 Å². The van der Waals surface area contributed by atoms with E-state index in [0.717, 1.165) is 17.2 Å². The Kier molecular flexibility index (Phi) is 5.99. The van der Waals surface area contributed by atoms with Crippen LogP contribution < -0.4 is 4.90 Å². The zero-order valence-corrected chi connectivity index (χ0v) is 19.0. The first-order valence-electron chi connectivity index (χ1n) is 11.3. The maximum absolute atomic E-state index is 13.2. The van der Waals surface area contributed by atoms with Gasteiger partial charge in [-0.1, -0.05) is 0 Å². The fraction of sp³-hybridized carbons (Fsp3) is 0.280. The van der Waals surface area contributed by atoms with Crippen LogP contribution in [0.25, 0.3) is 0 Å². The average Bonchev–Trinajstić information content (AvgIpc) is 3.36. The summed E-state index contributed by atoms with van der Waals surface area (Å²) in [6.45, 7) is 1.69. The molecule has 0 N–H and O–H groups in total. The number of rotatable bonds is 4. The summed E-state index contributed by atoms with van der Waals surface area (Å²) in [5.41, 5.74) is -0.123. The number of alkyl halides is 3. The fourth-order valence-electron chi connectivity index (χ4n) is 4.40. The van der Waals surface area contributed by atoms with Gasteiger partial charge in [-0.15, -0.1) is 0 Å². The van der Waals surface area contributed by atoms with Gasteiger partial charge in [-0.25, -0.2) is 4.98 Å². The van der Waals surface area contributed by atoms with Crippen LogP contribution in [0.15, 0.2) is 59.3 Å². The minimum atomic E-state index is -4.45. The Hall–Kier alpha value is -4.15. The van der Waals surface area contributed by atoms with Gasteiger partial charge in [0.05, 0.1) is 29.5 Å². The molecule has 0 spiro atoms. The second-order valence-electron chi connectivity index (χ2n) is 8.57.